The molecule has 3 aromatic rings. The fraction of sp³-hybridized carbons (Fsp3) is 0.222. The number of benzene rings is 2. The zero-order chi connectivity index (χ0) is 17.6. The second kappa shape index (κ2) is 7.57. The van der Waals surface area contributed by atoms with E-state index in [2.05, 4.69) is 25.9 Å². The maximum absolute atomic E-state index is 12.9. The number of nitrogens with one attached hydrogen (secondary N) is 2. The van der Waals surface area contributed by atoms with Crippen molar-refractivity contribution >= 4 is 11.6 Å². The summed E-state index contributed by atoms with van der Waals surface area (Å²) < 4.78 is 5.25. The van der Waals surface area contributed by atoms with Crippen LogP contribution >= 0.6 is 0 Å². The molecule has 0 fully saturated rings. The second-order valence-corrected chi connectivity index (χ2v) is 5.68. The normalized spacial score (nSPS) is 11.8. The van der Waals surface area contributed by atoms with Crippen LogP contribution < -0.4 is 10.1 Å². The molecule has 0 radical (unpaired) electrons. The fourth-order valence-corrected chi connectivity index (χ4v) is 2.59. The summed E-state index contributed by atoms with van der Waals surface area (Å²) in [5, 5.41) is 17.0. The van der Waals surface area contributed by atoms with Gasteiger partial charge < -0.3 is 10.1 Å². The number of hydrogen-bond acceptors (Lipinski definition) is 5. The van der Waals surface area contributed by atoms with Crippen molar-refractivity contribution in [3.8, 4) is 5.75 Å². The molecule has 7 nitrogen and oxygen atoms in total. The Kier molecular flexibility index (Phi) is 5.03. The number of carbonyl (C=O) groups excluding carboxylic acids is 1. The molecule has 25 heavy (non-hydrogen) atoms. The predicted octanol–water partition coefficient (Wildman–Crippen LogP) is 2.48. The predicted molar refractivity (Wildman–Crippen MR) is 93.4 cm³/mol. The van der Waals surface area contributed by atoms with Crippen LogP contribution in [0.2, 0.25) is 0 Å². The van der Waals surface area contributed by atoms with Gasteiger partial charge >= 0.3 is 0 Å². The van der Waals surface area contributed by atoms with E-state index in [1.165, 1.54) is 0 Å². The molecule has 128 valence electrons. The molecule has 1 aromatic heterocycles. The lowest BCUT2D eigenvalue weighted by Crippen LogP contribution is -2.24. The lowest BCUT2D eigenvalue weighted by molar-refractivity contribution is -0.117. The summed E-state index contributed by atoms with van der Waals surface area (Å²) in [6.45, 7) is 1.95. The number of anilines is 1. The molecule has 2 aromatic carbocycles. The van der Waals surface area contributed by atoms with Gasteiger partial charge in [-0.1, -0.05) is 35.5 Å². The summed E-state index contributed by atoms with van der Waals surface area (Å²) in [6.07, 6.45) is 0.439. The van der Waals surface area contributed by atoms with Crippen molar-refractivity contribution in [2.45, 2.75) is 19.3 Å². The van der Waals surface area contributed by atoms with Gasteiger partial charge in [0.2, 0.25) is 5.91 Å². The molecule has 0 aliphatic heterocycles. The summed E-state index contributed by atoms with van der Waals surface area (Å²) >= 11 is 0. The third-order valence-corrected chi connectivity index (χ3v) is 3.97. The first-order valence-corrected chi connectivity index (χ1v) is 7.90. The summed E-state index contributed by atoms with van der Waals surface area (Å²) in [6, 6.07) is 15.2. The molecule has 7 heteroatoms. The molecule has 2 N–H and O–H groups in total. The van der Waals surface area contributed by atoms with Crippen LogP contribution in [0.5, 0.6) is 5.75 Å². The Balaban J connectivity index is 1.85. The number of nitrogens with zero attached hydrogens (tertiary/aromatic N) is 3. The number of aromatic nitrogens is 4. The first-order valence-electron chi connectivity index (χ1n) is 7.90. The van der Waals surface area contributed by atoms with Crippen LogP contribution in [0.1, 0.15) is 22.9 Å². The van der Waals surface area contributed by atoms with Crippen molar-refractivity contribution < 1.29 is 9.53 Å². The van der Waals surface area contributed by atoms with Crippen LogP contribution in [0.4, 0.5) is 5.69 Å². The van der Waals surface area contributed by atoms with Gasteiger partial charge in [0.1, 0.15) is 11.7 Å². The Hall–Kier alpha value is -3.22. The Morgan fingerprint density at radius 1 is 1.24 bits per heavy atom. The van der Waals surface area contributed by atoms with Gasteiger partial charge in [-0.15, -0.1) is 10.2 Å². The van der Waals surface area contributed by atoms with Gasteiger partial charge in [0.25, 0.3) is 0 Å². The van der Waals surface area contributed by atoms with Crippen molar-refractivity contribution in [1.82, 2.24) is 20.6 Å². The third kappa shape index (κ3) is 4.00. The Bertz CT molecular complexity index is 848. The van der Waals surface area contributed by atoms with Crippen LogP contribution in [0.15, 0.2) is 48.5 Å². The van der Waals surface area contributed by atoms with Gasteiger partial charge in [0.15, 0.2) is 5.82 Å². The topological polar surface area (TPSA) is 92.8 Å². The van der Waals surface area contributed by atoms with Gasteiger partial charge in [-0.3, -0.25) is 4.79 Å². The Morgan fingerprint density at radius 2 is 2.08 bits per heavy atom. The lowest BCUT2D eigenvalue weighted by atomic mass is 9.97. The molecule has 1 atom stereocenters. The van der Waals surface area contributed by atoms with Gasteiger partial charge in [-0.2, -0.15) is 5.21 Å². The largest absolute Gasteiger partial charge is 0.497 e. The van der Waals surface area contributed by atoms with Crippen LogP contribution in [-0.4, -0.2) is 33.6 Å². The molecule has 0 aliphatic carbocycles. The van der Waals surface area contributed by atoms with Crippen molar-refractivity contribution in [3.63, 3.8) is 0 Å². The molecule has 0 saturated carbocycles. The zero-order valence-electron chi connectivity index (χ0n) is 14.1. The number of ether oxygens (including phenoxy) is 1. The van der Waals surface area contributed by atoms with Crippen LogP contribution in [0, 0.1) is 6.92 Å². The number of methoxy groups -OCH3 is 1. The van der Waals surface area contributed by atoms with Crippen molar-refractivity contribution in [2.75, 3.05) is 12.4 Å². The molecular weight excluding hydrogens is 318 g/mol. The first-order chi connectivity index (χ1) is 12.2. The highest BCUT2D eigenvalue weighted by Gasteiger charge is 2.26. The number of tetrazole rings is 1. The summed E-state index contributed by atoms with van der Waals surface area (Å²) in [7, 11) is 1.61. The number of aryl methyl sites for hydroxylation is 1. The smallest absolute Gasteiger partial charge is 0.235 e. The number of H-pyrrole nitrogens is 1. The van der Waals surface area contributed by atoms with E-state index in [-0.39, 0.29) is 5.91 Å². The molecule has 3 rings (SSSR count). The summed E-state index contributed by atoms with van der Waals surface area (Å²) in [5.74, 6) is 0.349. The molecule has 0 bridgehead atoms. The number of amides is 1. The van der Waals surface area contributed by atoms with E-state index in [9.17, 15) is 4.79 Å². The van der Waals surface area contributed by atoms with E-state index >= 15 is 0 Å². The van der Waals surface area contributed by atoms with Crippen molar-refractivity contribution in [1.29, 1.82) is 0 Å². The highest BCUT2D eigenvalue weighted by Crippen LogP contribution is 2.23. The van der Waals surface area contributed by atoms with E-state index in [0.717, 1.165) is 22.6 Å². The highest BCUT2D eigenvalue weighted by atomic mass is 16.5. The number of rotatable bonds is 6. The summed E-state index contributed by atoms with van der Waals surface area (Å²) in [5.41, 5.74) is 2.71. The number of hydrogen-bond donors (Lipinski definition) is 2. The number of aromatic amines is 1. The molecule has 1 amide bonds. The average Bonchev–Trinajstić information content (AvgIpc) is 3.16. The van der Waals surface area contributed by atoms with Crippen LogP contribution in [0.25, 0.3) is 0 Å². The van der Waals surface area contributed by atoms with Gasteiger partial charge in [0, 0.05) is 5.69 Å². The minimum absolute atomic E-state index is 0.182. The van der Waals surface area contributed by atoms with Crippen LogP contribution in [-0.2, 0) is 11.2 Å². The molecule has 1 unspecified atom stereocenters. The SMILES string of the molecule is COc1cccc(CC(C(=O)Nc2ccccc2C)c2nn[nH]n2)c1. The van der Waals surface area contributed by atoms with E-state index in [1.807, 2.05) is 55.5 Å². The average molecular weight is 337 g/mol. The molecule has 0 aliphatic rings. The minimum Gasteiger partial charge on any atom is -0.497 e. The number of carbonyl (C=O) groups is 1. The van der Waals surface area contributed by atoms with E-state index < -0.39 is 5.92 Å². The fourth-order valence-electron chi connectivity index (χ4n) is 2.59. The van der Waals surface area contributed by atoms with E-state index in [0.29, 0.717) is 12.2 Å². The van der Waals surface area contributed by atoms with Crippen LogP contribution in [0.3, 0.4) is 0 Å². The molecular formula is C18H19N5O2. The summed E-state index contributed by atoms with van der Waals surface area (Å²) in [4.78, 5) is 12.9. The standard InChI is InChI=1S/C18H19N5O2/c1-12-6-3-4-9-16(12)19-18(24)15(17-20-22-23-21-17)11-13-7-5-8-14(10-13)25-2/h3-10,15H,11H2,1-2H3,(H,19,24)(H,20,21,22,23). The van der Waals surface area contributed by atoms with Gasteiger partial charge in [0.05, 0.1) is 7.11 Å². The Labute approximate surface area is 145 Å². The minimum atomic E-state index is -0.564. The third-order valence-electron chi connectivity index (χ3n) is 3.97. The second-order valence-electron chi connectivity index (χ2n) is 5.68. The molecule has 0 spiro atoms. The van der Waals surface area contributed by atoms with Gasteiger partial charge in [-0.25, -0.2) is 0 Å². The lowest BCUT2D eigenvalue weighted by Gasteiger charge is -2.15. The zero-order valence-corrected chi connectivity index (χ0v) is 14.1. The first kappa shape index (κ1) is 16.6. The van der Waals surface area contributed by atoms with E-state index in [4.69, 9.17) is 4.74 Å². The van der Waals surface area contributed by atoms with Gasteiger partial charge in [-0.05, 0) is 42.7 Å². The van der Waals surface area contributed by atoms with E-state index in [1.54, 1.807) is 7.11 Å². The maximum atomic E-state index is 12.9. The number of para-hydroxylation sites is 1. The highest BCUT2D eigenvalue weighted by molar-refractivity contribution is 5.96. The molecule has 0 saturated heterocycles. The van der Waals surface area contributed by atoms with Crippen molar-refractivity contribution in [2.24, 2.45) is 0 Å². The molecule has 1 heterocycles. The Morgan fingerprint density at radius 3 is 2.80 bits per heavy atom. The van der Waals surface area contributed by atoms with Crippen molar-refractivity contribution in [3.05, 3.63) is 65.5 Å². The maximum Gasteiger partial charge on any atom is 0.235 e. The monoisotopic (exact) mass is 337 g/mol. The quantitative estimate of drug-likeness (QED) is 0.721.